The smallest absolute Gasteiger partial charge is 0.165 e. The Morgan fingerprint density at radius 2 is 2.00 bits per heavy atom. The fourth-order valence-corrected chi connectivity index (χ4v) is 2.72. The number of rotatable bonds is 3. The van der Waals surface area contributed by atoms with Crippen molar-refractivity contribution in [3.63, 3.8) is 0 Å². The summed E-state index contributed by atoms with van der Waals surface area (Å²) in [5.74, 6) is 0.881. The van der Waals surface area contributed by atoms with Crippen LogP contribution in [0.25, 0.3) is 0 Å². The van der Waals surface area contributed by atoms with Crippen molar-refractivity contribution in [3.8, 4) is 0 Å². The SMILES string of the molecule is Clc1nsnc1SCc1ccccc1. The van der Waals surface area contributed by atoms with Crippen molar-refractivity contribution in [2.24, 2.45) is 0 Å². The summed E-state index contributed by atoms with van der Waals surface area (Å²) in [5.41, 5.74) is 1.27. The predicted octanol–water partition coefficient (Wildman–Crippen LogP) is 3.48. The van der Waals surface area contributed by atoms with Crippen molar-refractivity contribution in [3.05, 3.63) is 41.0 Å². The first-order valence-electron chi connectivity index (χ1n) is 4.01. The van der Waals surface area contributed by atoms with Gasteiger partial charge in [-0.2, -0.15) is 8.75 Å². The number of nitrogens with zero attached hydrogens (tertiary/aromatic N) is 2. The summed E-state index contributed by atoms with van der Waals surface area (Å²) in [6.45, 7) is 0. The van der Waals surface area contributed by atoms with E-state index < -0.39 is 0 Å². The highest BCUT2D eigenvalue weighted by molar-refractivity contribution is 7.98. The molecule has 0 saturated heterocycles. The summed E-state index contributed by atoms with van der Waals surface area (Å²) in [6.07, 6.45) is 0. The number of hydrogen-bond donors (Lipinski definition) is 0. The lowest BCUT2D eigenvalue weighted by Gasteiger charge is -1.97. The normalized spacial score (nSPS) is 10.4. The number of benzene rings is 1. The van der Waals surface area contributed by atoms with Gasteiger partial charge in [-0.25, -0.2) is 0 Å². The van der Waals surface area contributed by atoms with Gasteiger partial charge in [0.15, 0.2) is 5.15 Å². The molecule has 2 nitrogen and oxygen atoms in total. The molecule has 0 unspecified atom stereocenters. The van der Waals surface area contributed by atoms with Crippen molar-refractivity contribution in [1.82, 2.24) is 8.75 Å². The Kier molecular flexibility index (Phi) is 3.39. The standard InChI is InChI=1S/C9H7ClN2S2/c10-8-9(12-14-11-8)13-6-7-4-2-1-3-5-7/h1-5H,6H2. The Morgan fingerprint density at radius 1 is 1.21 bits per heavy atom. The molecule has 0 aliphatic heterocycles. The highest BCUT2D eigenvalue weighted by atomic mass is 35.5. The van der Waals surface area contributed by atoms with Gasteiger partial charge in [-0.3, -0.25) is 0 Å². The minimum absolute atomic E-state index is 0.510. The van der Waals surface area contributed by atoms with E-state index in [0.29, 0.717) is 5.15 Å². The zero-order valence-electron chi connectivity index (χ0n) is 7.18. The quantitative estimate of drug-likeness (QED) is 0.771. The molecule has 0 aliphatic carbocycles. The molecule has 2 rings (SSSR count). The van der Waals surface area contributed by atoms with Crippen LogP contribution < -0.4 is 0 Å². The van der Waals surface area contributed by atoms with E-state index >= 15 is 0 Å². The first-order valence-corrected chi connectivity index (χ1v) is 6.10. The second-order valence-electron chi connectivity index (χ2n) is 2.63. The van der Waals surface area contributed by atoms with Crippen LogP contribution in [-0.4, -0.2) is 8.75 Å². The van der Waals surface area contributed by atoms with Crippen molar-refractivity contribution < 1.29 is 0 Å². The third kappa shape index (κ3) is 2.47. The lowest BCUT2D eigenvalue weighted by molar-refractivity contribution is 1.25. The molecule has 1 heterocycles. The highest BCUT2D eigenvalue weighted by Crippen LogP contribution is 2.27. The predicted molar refractivity (Wildman–Crippen MR) is 60.9 cm³/mol. The fraction of sp³-hybridized carbons (Fsp3) is 0.111. The Bertz CT molecular complexity index is 402. The lowest BCUT2D eigenvalue weighted by Crippen LogP contribution is -1.79. The second kappa shape index (κ2) is 4.77. The number of aromatic nitrogens is 2. The van der Waals surface area contributed by atoms with E-state index in [1.54, 1.807) is 11.8 Å². The van der Waals surface area contributed by atoms with E-state index in [9.17, 15) is 0 Å². The second-order valence-corrected chi connectivity index (χ2v) is 4.48. The van der Waals surface area contributed by atoms with Crippen molar-refractivity contribution in [2.45, 2.75) is 10.8 Å². The monoisotopic (exact) mass is 242 g/mol. The summed E-state index contributed by atoms with van der Waals surface area (Å²) in [5, 5.41) is 1.33. The summed E-state index contributed by atoms with van der Waals surface area (Å²) in [7, 11) is 0. The molecule has 2 aromatic rings. The van der Waals surface area contributed by atoms with Crippen LogP contribution in [-0.2, 0) is 5.75 Å². The topological polar surface area (TPSA) is 25.8 Å². The van der Waals surface area contributed by atoms with Crippen LogP contribution in [0.3, 0.4) is 0 Å². The average Bonchev–Trinajstić information content (AvgIpc) is 2.63. The molecule has 0 fully saturated rings. The lowest BCUT2D eigenvalue weighted by atomic mass is 10.2. The minimum atomic E-state index is 0.510. The molecule has 1 aromatic carbocycles. The number of hydrogen-bond acceptors (Lipinski definition) is 4. The zero-order chi connectivity index (χ0) is 9.80. The summed E-state index contributed by atoms with van der Waals surface area (Å²) >= 11 is 8.58. The van der Waals surface area contributed by atoms with Crippen LogP contribution in [0.1, 0.15) is 5.56 Å². The maximum atomic E-state index is 5.82. The van der Waals surface area contributed by atoms with Crippen molar-refractivity contribution in [1.29, 1.82) is 0 Å². The molecule has 72 valence electrons. The molecule has 0 amide bonds. The van der Waals surface area contributed by atoms with Gasteiger partial charge in [-0.05, 0) is 5.56 Å². The first kappa shape index (κ1) is 9.96. The Labute approximate surface area is 95.6 Å². The fourth-order valence-electron chi connectivity index (χ4n) is 0.982. The van der Waals surface area contributed by atoms with Crippen LogP contribution in [0, 0.1) is 0 Å². The van der Waals surface area contributed by atoms with Gasteiger partial charge in [0.1, 0.15) is 5.03 Å². The molecule has 0 atom stereocenters. The van der Waals surface area contributed by atoms with Gasteiger partial charge in [0.2, 0.25) is 0 Å². The van der Waals surface area contributed by atoms with Crippen molar-refractivity contribution >= 4 is 35.1 Å². The molecule has 1 aromatic heterocycles. The van der Waals surface area contributed by atoms with Crippen LogP contribution in [0.4, 0.5) is 0 Å². The molecule has 5 heteroatoms. The Morgan fingerprint density at radius 3 is 2.64 bits per heavy atom. The number of halogens is 1. The molecule has 0 bridgehead atoms. The molecule has 0 N–H and O–H groups in total. The van der Waals surface area contributed by atoms with Gasteiger partial charge in [-0.15, -0.1) is 0 Å². The number of thioether (sulfide) groups is 1. The molecular weight excluding hydrogens is 236 g/mol. The van der Waals surface area contributed by atoms with Gasteiger partial charge in [-0.1, -0.05) is 53.7 Å². The summed E-state index contributed by atoms with van der Waals surface area (Å²) < 4.78 is 8.00. The third-order valence-corrected chi connectivity index (χ3v) is 3.80. The van der Waals surface area contributed by atoms with E-state index in [1.807, 2.05) is 18.2 Å². The minimum Gasteiger partial charge on any atom is -0.165 e. The van der Waals surface area contributed by atoms with Gasteiger partial charge in [0.25, 0.3) is 0 Å². The maximum absolute atomic E-state index is 5.82. The van der Waals surface area contributed by atoms with Gasteiger partial charge < -0.3 is 0 Å². The van der Waals surface area contributed by atoms with Gasteiger partial charge in [0, 0.05) is 5.75 Å². The first-order chi connectivity index (χ1) is 6.86. The van der Waals surface area contributed by atoms with Crippen LogP contribution in [0.2, 0.25) is 5.15 Å². The Balaban J connectivity index is 1.99. The van der Waals surface area contributed by atoms with E-state index in [0.717, 1.165) is 22.5 Å². The zero-order valence-corrected chi connectivity index (χ0v) is 9.57. The van der Waals surface area contributed by atoms with E-state index in [1.165, 1.54) is 5.56 Å². The van der Waals surface area contributed by atoms with Gasteiger partial charge in [0.05, 0.1) is 11.7 Å². The molecular formula is C9H7ClN2S2. The van der Waals surface area contributed by atoms with Crippen LogP contribution in [0.5, 0.6) is 0 Å². The molecule has 0 aliphatic rings. The summed E-state index contributed by atoms with van der Waals surface area (Å²) in [4.78, 5) is 0. The van der Waals surface area contributed by atoms with Crippen molar-refractivity contribution in [2.75, 3.05) is 0 Å². The van der Waals surface area contributed by atoms with E-state index in [4.69, 9.17) is 11.6 Å². The van der Waals surface area contributed by atoms with Gasteiger partial charge >= 0.3 is 0 Å². The largest absolute Gasteiger partial charge is 0.176 e. The van der Waals surface area contributed by atoms with Crippen LogP contribution >= 0.6 is 35.1 Å². The van der Waals surface area contributed by atoms with E-state index in [-0.39, 0.29) is 0 Å². The average molecular weight is 243 g/mol. The molecule has 0 radical (unpaired) electrons. The molecule has 0 spiro atoms. The van der Waals surface area contributed by atoms with Crippen LogP contribution in [0.15, 0.2) is 35.4 Å². The van der Waals surface area contributed by atoms with E-state index in [2.05, 4.69) is 20.9 Å². The summed E-state index contributed by atoms with van der Waals surface area (Å²) in [6, 6.07) is 10.2. The third-order valence-electron chi connectivity index (χ3n) is 1.64. The molecule has 0 saturated carbocycles. The molecule has 14 heavy (non-hydrogen) atoms. The maximum Gasteiger partial charge on any atom is 0.176 e. The highest BCUT2D eigenvalue weighted by Gasteiger charge is 2.05. The Hall–Kier alpha value is -0.580.